The van der Waals surface area contributed by atoms with Gasteiger partial charge in [-0.3, -0.25) is 9.20 Å². The zero-order chi connectivity index (χ0) is 14.4. The topological polar surface area (TPSA) is 94.4 Å². The van der Waals surface area contributed by atoms with E-state index in [1.165, 1.54) is 9.08 Å². The number of pyridine rings is 1. The van der Waals surface area contributed by atoms with Crippen molar-refractivity contribution >= 4 is 11.6 Å². The summed E-state index contributed by atoms with van der Waals surface area (Å²) >= 11 is 0. The Bertz CT molecular complexity index is 631. The molecule has 0 bridgehead atoms. The molecule has 0 unspecified atom stereocenters. The second-order valence-corrected chi connectivity index (χ2v) is 4.53. The van der Waals surface area contributed by atoms with Gasteiger partial charge in [-0.2, -0.15) is 0 Å². The lowest BCUT2D eigenvalue weighted by atomic mass is 10.3. The number of carbonyl (C=O) groups excluding carboxylic acids is 1. The van der Waals surface area contributed by atoms with Crippen LogP contribution in [0.15, 0.2) is 29.2 Å². The maximum Gasteiger partial charge on any atom is 0.350 e. The molecule has 0 radical (unpaired) electrons. The van der Waals surface area contributed by atoms with Gasteiger partial charge in [0.25, 0.3) is 0 Å². The zero-order valence-electron chi connectivity index (χ0n) is 11.3. The lowest BCUT2D eigenvalue weighted by Crippen LogP contribution is -2.28. The monoisotopic (exact) mass is 277 g/mol. The summed E-state index contributed by atoms with van der Waals surface area (Å²) in [7, 11) is 0. The van der Waals surface area contributed by atoms with Crippen LogP contribution >= 0.6 is 0 Å². The van der Waals surface area contributed by atoms with Crippen LogP contribution in [-0.4, -0.2) is 33.2 Å². The Hall–Kier alpha value is -2.15. The first-order valence-electron chi connectivity index (χ1n) is 6.73. The van der Waals surface area contributed by atoms with Crippen molar-refractivity contribution < 1.29 is 4.79 Å². The van der Waals surface area contributed by atoms with Gasteiger partial charge in [-0.25, -0.2) is 9.48 Å². The fraction of sp³-hybridized carbons (Fsp3) is 0.462. The number of rotatable bonds is 7. The summed E-state index contributed by atoms with van der Waals surface area (Å²) in [5.41, 5.74) is 5.73. The molecule has 7 heteroatoms. The average molecular weight is 277 g/mol. The Morgan fingerprint density at radius 2 is 2.20 bits per heavy atom. The molecular formula is C13H19N5O2. The van der Waals surface area contributed by atoms with Crippen molar-refractivity contribution in [2.75, 3.05) is 13.1 Å². The van der Waals surface area contributed by atoms with E-state index in [4.69, 9.17) is 5.73 Å². The number of nitrogens with one attached hydrogen (secondary N) is 1. The minimum absolute atomic E-state index is 0.0778. The lowest BCUT2D eigenvalue weighted by Gasteiger charge is -2.04. The number of nitrogens with zero attached hydrogens (tertiary/aromatic N) is 3. The van der Waals surface area contributed by atoms with E-state index in [9.17, 15) is 9.59 Å². The fourth-order valence-electron chi connectivity index (χ4n) is 1.91. The van der Waals surface area contributed by atoms with Crippen LogP contribution in [0.25, 0.3) is 5.65 Å². The average Bonchev–Trinajstić information content (AvgIpc) is 2.78. The van der Waals surface area contributed by atoms with Crippen molar-refractivity contribution in [3.63, 3.8) is 0 Å². The summed E-state index contributed by atoms with van der Waals surface area (Å²) in [4.78, 5) is 23.6. The van der Waals surface area contributed by atoms with E-state index < -0.39 is 0 Å². The van der Waals surface area contributed by atoms with Crippen molar-refractivity contribution in [3.05, 3.63) is 34.9 Å². The van der Waals surface area contributed by atoms with Gasteiger partial charge in [-0.05, 0) is 31.5 Å². The van der Waals surface area contributed by atoms with E-state index in [0.29, 0.717) is 18.7 Å². The smallest absolute Gasteiger partial charge is 0.350 e. The van der Waals surface area contributed by atoms with E-state index in [2.05, 4.69) is 10.4 Å². The SMILES string of the molecule is NCCCCNC(=O)CCn1nc2ccccn2c1=O. The van der Waals surface area contributed by atoms with Crippen LogP contribution in [0, 0.1) is 0 Å². The van der Waals surface area contributed by atoms with Crippen LogP contribution in [0.2, 0.25) is 0 Å². The maximum atomic E-state index is 12.0. The third-order valence-corrected chi connectivity index (χ3v) is 2.99. The number of nitrogens with two attached hydrogens (primary N) is 1. The van der Waals surface area contributed by atoms with Crippen molar-refractivity contribution in [2.24, 2.45) is 5.73 Å². The van der Waals surface area contributed by atoms with E-state index in [0.717, 1.165) is 12.8 Å². The summed E-state index contributed by atoms with van der Waals surface area (Å²) in [5.74, 6) is -0.0778. The normalized spacial score (nSPS) is 10.8. The van der Waals surface area contributed by atoms with Crippen molar-refractivity contribution in [2.45, 2.75) is 25.8 Å². The predicted molar refractivity (Wildman–Crippen MR) is 75.4 cm³/mol. The molecule has 0 saturated heterocycles. The molecule has 0 fully saturated rings. The fourth-order valence-corrected chi connectivity index (χ4v) is 1.91. The van der Waals surface area contributed by atoms with Crippen molar-refractivity contribution in [3.8, 4) is 0 Å². The second kappa shape index (κ2) is 6.85. The zero-order valence-corrected chi connectivity index (χ0v) is 11.3. The standard InChI is InChI=1S/C13H19N5O2/c14-7-2-3-8-15-12(19)6-10-18-13(20)17-9-4-1-5-11(17)16-18/h1,4-5,9H,2-3,6-8,10,14H2,(H,15,19). The number of unbranched alkanes of at least 4 members (excludes halogenated alkanes) is 1. The highest BCUT2D eigenvalue weighted by Gasteiger charge is 2.07. The number of amides is 1. The Morgan fingerprint density at radius 1 is 1.35 bits per heavy atom. The molecule has 2 rings (SSSR count). The molecule has 0 atom stereocenters. The molecule has 20 heavy (non-hydrogen) atoms. The molecule has 0 aliphatic heterocycles. The van der Waals surface area contributed by atoms with Crippen LogP contribution in [0.1, 0.15) is 19.3 Å². The third-order valence-electron chi connectivity index (χ3n) is 2.99. The molecule has 0 aromatic carbocycles. The highest BCUT2D eigenvalue weighted by atomic mass is 16.2. The number of hydrogen-bond donors (Lipinski definition) is 2. The molecule has 2 aromatic heterocycles. The van der Waals surface area contributed by atoms with Gasteiger partial charge in [0.1, 0.15) is 0 Å². The highest BCUT2D eigenvalue weighted by molar-refractivity contribution is 5.75. The van der Waals surface area contributed by atoms with Gasteiger partial charge < -0.3 is 11.1 Å². The van der Waals surface area contributed by atoms with Gasteiger partial charge in [0.05, 0.1) is 6.54 Å². The van der Waals surface area contributed by atoms with Crippen LogP contribution in [0.5, 0.6) is 0 Å². The van der Waals surface area contributed by atoms with E-state index in [1.54, 1.807) is 18.3 Å². The molecule has 108 valence electrons. The molecular weight excluding hydrogens is 258 g/mol. The molecule has 2 aromatic rings. The van der Waals surface area contributed by atoms with Crippen LogP contribution < -0.4 is 16.7 Å². The summed E-state index contributed by atoms with van der Waals surface area (Å²) in [6.45, 7) is 1.53. The summed E-state index contributed by atoms with van der Waals surface area (Å²) in [5, 5.41) is 6.96. The van der Waals surface area contributed by atoms with E-state index in [-0.39, 0.29) is 24.6 Å². The summed E-state index contributed by atoms with van der Waals surface area (Å²) < 4.78 is 2.77. The van der Waals surface area contributed by atoms with E-state index in [1.807, 2.05) is 6.07 Å². The summed E-state index contributed by atoms with van der Waals surface area (Å²) in [6, 6.07) is 5.34. The minimum Gasteiger partial charge on any atom is -0.356 e. The number of aryl methyl sites for hydroxylation is 1. The predicted octanol–water partition coefficient (Wildman–Crippen LogP) is -0.259. The molecule has 1 amide bonds. The number of fused-ring (bicyclic) bond motifs is 1. The Kier molecular flexibility index (Phi) is 4.89. The first-order valence-corrected chi connectivity index (χ1v) is 6.73. The third kappa shape index (κ3) is 3.45. The number of carbonyl (C=O) groups is 1. The van der Waals surface area contributed by atoms with Crippen molar-refractivity contribution in [1.82, 2.24) is 19.5 Å². The van der Waals surface area contributed by atoms with Gasteiger partial charge in [-0.15, -0.1) is 5.10 Å². The van der Waals surface area contributed by atoms with Crippen LogP contribution in [0.3, 0.4) is 0 Å². The number of aromatic nitrogens is 3. The Morgan fingerprint density at radius 3 is 2.95 bits per heavy atom. The Labute approximate surface area is 116 Å². The van der Waals surface area contributed by atoms with Crippen LogP contribution in [-0.2, 0) is 11.3 Å². The molecule has 2 heterocycles. The molecule has 0 saturated carbocycles. The molecule has 0 aliphatic carbocycles. The number of hydrogen-bond acceptors (Lipinski definition) is 4. The minimum atomic E-state index is -0.225. The molecule has 3 N–H and O–H groups in total. The van der Waals surface area contributed by atoms with Gasteiger partial charge in [0.2, 0.25) is 5.91 Å². The molecule has 7 nitrogen and oxygen atoms in total. The Balaban J connectivity index is 1.88. The van der Waals surface area contributed by atoms with Gasteiger partial charge >= 0.3 is 5.69 Å². The first kappa shape index (κ1) is 14.3. The second-order valence-electron chi connectivity index (χ2n) is 4.53. The van der Waals surface area contributed by atoms with Crippen LogP contribution in [0.4, 0.5) is 0 Å². The van der Waals surface area contributed by atoms with Gasteiger partial charge in [0, 0.05) is 19.2 Å². The maximum absolute atomic E-state index is 12.0. The molecule has 0 spiro atoms. The van der Waals surface area contributed by atoms with Gasteiger partial charge in [0.15, 0.2) is 5.65 Å². The first-order chi connectivity index (χ1) is 9.72. The van der Waals surface area contributed by atoms with E-state index >= 15 is 0 Å². The van der Waals surface area contributed by atoms with Gasteiger partial charge in [-0.1, -0.05) is 6.07 Å². The molecule has 0 aliphatic rings. The quantitative estimate of drug-likeness (QED) is 0.682. The highest BCUT2D eigenvalue weighted by Crippen LogP contribution is 1.96. The summed E-state index contributed by atoms with van der Waals surface area (Å²) in [6.07, 6.45) is 3.67. The largest absolute Gasteiger partial charge is 0.356 e. The lowest BCUT2D eigenvalue weighted by molar-refractivity contribution is -0.121. The van der Waals surface area contributed by atoms with Crippen molar-refractivity contribution in [1.29, 1.82) is 0 Å².